The topological polar surface area (TPSA) is 67.4 Å². The quantitative estimate of drug-likeness (QED) is 0.704. The second-order valence-electron chi connectivity index (χ2n) is 4.26. The summed E-state index contributed by atoms with van der Waals surface area (Å²) in [4.78, 5) is 24.2. The third kappa shape index (κ3) is 4.82. The van der Waals surface area contributed by atoms with E-state index in [1.54, 1.807) is 31.2 Å². The number of rotatable bonds is 4. The molecule has 0 aliphatic carbocycles. The van der Waals surface area contributed by atoms with Crippen LogP contribution in [0.25, 0.3) is 0 Å². The highest BCUT2D eigenvalue weighted by molar-refractivity contribution is 9.11. The first-order valence-electron chi connectivity index (χ1n) is 6.23. The van der Waals surface area contributed by atoms with Crippen molar-refractivity contribution in [3.8, 4) is 5.75 Å². The molecule has 0 bridgehead atoms. The summed E-state index contributed by atoms with van der Waals surface area (Å²) in [5, 5.41) is 0. The van der Waals surface area contributed by atoms with E-state index in [9.17, 15) is 9.59 Å². The summed E-state index contributed by atoms with van der Waals surface area (Å²) in [7, 11) is 0. The van der Waals surface area contributed by atoms with Gasteiger partial charge in [0.15, 0.2) is 6.10 Å². The molecule has 1 unspecified atom stereocenters. The predicted molar refractivity (Wildman–Crippen MR) is 91.9 cm³/mol. The molecule has 0 radical (unpaired) electrons. The monoisotopic (exact) mass is 446 g/mol. The van der Waals surface area contributed by atoms with Gasteiger partial charge in [-0.15, -0.1) is 11.3 Å². The Labute approximate surface area is 148 Å². The van der Waals surface area contributed by atoms with Gasteiger partial charge in [0.25, 0.3) is 11.8 Å². The Morgan fingerprint density at radius 3 is 2.36 bits per heavy atom. The lowest BCUT2D eigenvalue weighted by atomic mass is 10.3. The molecule has 5 nitrogen and oxygen atoms in total. The SMILES string of the molecule is CC(Oc1ccc(Br)cc1)C(=O)NNC(=O)c1ccc(Br)s1. The molecule has 116 valence electrons. The van der Waals surface area contributed by atoms with E-state index in [1.807, 2.05) is 12.1 Å². The number of benzene rings is 1. The zero-order valence-corrected chi connectivity index (χ0v) is 15.4. The van der Waals surface area contributed by atoms with E-state index in [1.165, 1.54) is 11.3 Å². The van der Waals surface area contributed by atoms with Crippen molar-refractivity contribution >= 4 is 55.0 Å². The van der Waals surface area contributed by atoms with Crippen molar-refractivity contribution in [2.45, 2.75) is 13.0 Å². The molecule has 1 aromatic carbocycles. The molecule has 0 spiro atoms. The van der Waals surface area contributed by atoms with Crippen molar-refractivity contribution < 1.29 is 14.3 Å². The van der Waals surface area contributed by atoms with Crippen LogP contribution in [-0.2, 0) is 4.79 Å². The van der Waals surface area contributed by atoms with Crippen LogP contribution in [0.5, 0.6) is 5.75 Å². The number of hydrazine groups is 1. The van der Waals surface area contributed by atoms with Crippen LogP contribution in [-0.4, -0.2) is 17.9 Å². The van der Waals surface area contributed by atoms with Crippen LogP contribution in [0, 0.1) is 0 Å². The molecule has 2 rings (SSSR count). The molecular formula is C14H12Br2N2O3S. The molecule has 0 aliphatic heterocycles. The molecule has 22 heavy (non-hydrogen) atoms. The van der Waals surface area contributed by atoms with E-state index < -0.39 is 12.0 Å². The third-order valence-corrected chi connectivity index (χ3v) is 4.74. The average Bonchev–Trinajstić information content (AvgIpc) is 2.93. The molecule has 2 amide bonds. The molecule has 0 aliphatic rings. The maximum Gasteiger partial charge on any atom is 0.279 e. The van der Waals surface area contributed by atoms with Crippen LogP contribution in [0.4, 0.5) is 0 Å². The summed E-state index contributed by atoms with van der Waals surface area (Å²) < 4.78 is 7.25. The fourth-order valence-corrected chi connectivity index (χ4v) is 3.03. The van der Waals surface area contributed by atoms with Crippen molar-refractivity contribution in [1.82, 2.24) is 10.9 Å². The molecule has 1 heterocycles. The van der Waals surface area contributed by atoms with Gasteiger partial charge in [-0.1, -0.05) is 15.9 Å². The third-order valence-electron chi connectivity index (χ3n) is 2.59. The standard InChI is InChI=1S/C14H12Br2N2O3S/c1-8(21-10-4-2-9(15)3-5-10)13(19)17-18-14(20)11-6-7-12(16)22-11/h2-8H,1H3,(H,17,19)(H,18,20). The molecule has 2 aromatic rings. The number of halogens is 2. The first kappa shape index (κ1) is 17.0. The second kappa shape index (κ2) is 7.75. The number of thiophene rings is 1. The molecule has 0 saturated heterocycles. The molecule has 0 saturated carbocycles. The number of nitrogens with one attached hydrogen (secondary N) is 2. The van der Waals surface area contributed by atoms with Crippen LogP contribution >= 0.6 is 43.2 Å². The van der Waals surface area contributed by atoms with Gasteiger partial charge in [0.1, 0.15) is 5.75 Å². The van der Waals surface area contributed by atoms with Crippen LogP contribution in [0.1, 0.15) is 16.6 Å². The van der Waals surface area contributed by atoms with Gasteiger partial charge in [0.05, 0.1) is 8.66 Å². The first-order valence-corrected chi connectivity index (χ1v) is 8.63. The average molecular weight is 448 g/mol. The minimum atomic E-state index is -0.739. The highest BCUT2D eigenvalue weighted by Gasteiger charge is 2.16. The summed E-state index contributed by atoms with van der Waals surface area (Å²) in [5.41, 5.74) is 4.69. The maximum atomic E-state index is 11.9. The van der Waals surface area contributed by atoms with E-state index in [-0.39, 0.29) is 5.91 Å². The molecule has 8 heteroatoms. The number of hydrogen-bond donors (Lipinski definition) is 2. The molecule has 1 aromatic heterocycles. The second-order valence-corrected chi connectivity index (χ2v) is 7.64. The Morgan fingerprint density at radius 1 is 1.09 bits per heavy atom. The van der Waals surface area contributed by atoms with Crippen molar-refractivity contribution in [1.29, 1.82) is 0 Å². The molecule has 1 atom stereocenters. The fourth-order valence-electron chi connectivity index (χ4n) is 1.49. The first-order chi connectivity index (χ1) is 10.5. The molecule has 2 N–H and O–H groups in total. The van der Waals surface area contributed by atoms with E-state index in [0.717, 1.165) is 8.26 Å². The van der Waals surface area contributed by atoms with Gasteiger partial charge in [0.2, 0.25) is 0 Å². The van der Waals surface area contributed by atoms with Gasteiger partial charge in [-0.2, -0.15) is 0 Å². The fraction of sp³-hybridized carbons (Fsp3) is 0.143. The minimum absolute atomic E-state index is 0.375. The largest absolute Gasteiger partial charge is 0.481 e. The number of hydrogen-bond acceptors (Lipinski definition) is 4. The Balaban J connectivity index is 1.83. The van der Waals surface area contributed by atoms with Gasteiger partial charge < -0.3 is 4.74 Å². The summed E-state index contributed by atoms with van der Waals surface area (Å²) in [6.45, 7) is 1.60. The van der Waals surface area contributed by atoms with Crippen LogP contribution in [0.2, 0.25) is 0 Å². The Hall–Kier alpha value is -1.38. The Morgan fingerprint density at radius 2 is 1.77 bits per heavy atom. The van der Waals surface area contributed by atoms with Crippen LogP contribution in [0.3, 0.4) is 0 Å². The van der Waals surface area contributed by atoms with Gasteiger partial charge in [-0.25, -0.2) is 0 Å². The number of carbonyl (C=O) groups is 2. The maximum absolute atomic E-state index is 11.9. The predicted octanol–water partition coefficient (Wildman–Crippen LogP) is 3.50. The van der Waals surface area contributed by atoms with Crippen molar-refractivity contribution in [2.24, 2.45) is 0 Å². The summed E-state index contributed by atoms with van der Waals surface area (Å²) >= 11 is 7.87. The zero-order valence-electron chi connectivity index (χ0n) is 11.4. The summed E-state index contributed by atoms with van der Waals surface area (Å²) in [6.07, 6.45) is -0.739. The lowest BCUT2D eigenvalue weighted by Crippen LogP contribution is -2.47. The van der Waals surface area contributed by atoms with Gasteiger partial charge in [-0.05, 0) is 59.3 Å². The van der Waals surface area contributed by atoms with Crippen LogP contribution < -0.4 is 15.6 Å². The number of ether oxygens (including phenoxy) is 1. The molecular weight excluding hydrogens is 436 g/mol. The zero-order chi connectivity index (χ0) is 16.1. The Kier molecular flexibility index (Phi) is 5.98. The summed E-state index contributed by atoms with van der Waals surface area (Å²) in [6, 6.07) is 10.6. The van der Waals surface area contributed by atoms with E-state index in [2.05, 4.69) is 42.7 Å². The van der Waals surface area contributed by atoms with E-state index in [0.29, 0.717) is 10.6 Å². The normalized spacial score (nSPS) is 11.6. The minimum Gasteiger partial charge on any atom is -0.481 e. The smallest absolute Gasteiger partial charge is 0.279 e. The highest BCUT2D eigenvalue weighted by atomic mass is 79.9. The van der Waals surface area contributed by atoms with E-state index in [4.69, 9.17) is 4.74 Å². The van der Waals surface area contributed by atoms with Gasteiger partial charge in [0, 0.05) is 4.47 Å². The van der Waals surface area contributed by atoms with Crippen molar-refractivity contribution in [2.75, 3.05) is 0 Å². The van der Waals surface area contributed by atoms with Gasteiger partial charge in [-0.3, -0.25) is 20.4 Å². The molecule has 0 fully saturated rings. The van der Waals surface area contributed by atoms with Crippen molar-refractivity contribution in [3.05, 3.63) is 49.5 Å². The van der Waals surface area contributed by atoms with E-state index >= 15 is 0 Å². The number of amides is 2. The highest BCUT2D eigenvalue weighted by Crippen LogP contribution is 2.21. The number of carbonyl (C=O) groups excluding carboxylic acids is 2. The Bertz CT molecular complexity index is 673. The summed E-state index contributed by atoms with van der Waals surface area (Å²) in [5.74, 6) is -0.244. The van der Waals surface area contributed by atoms with Crippen LogP contribution in [0.15, 0.2) is 44.7 Å². The van der Waals surface area contributed by atoms with Gasteiger partial charge >= 0.3 is 0 Å². The lowest BCUT2D eigenvalue weighted by molar-refractivity contribution is -0.128. The lowest BCUT2D eigenvalue weighted by Gasteiger charge is -2.15. The van der Waals surface area contributed by atoms with Crippen molar-refractivity contribution in [3.63, 3.8) is 0 Å².